The second kappa shape index (κ2) is 2.93. The van der Waals surface area contributed by atoms with Crippen molar-refractivity contribution < 1.29 is 5.11 Å². The second-order valence-electron chi connectivity index (χ2n) is 7.28. The SMILES string of the molecule is C=CC(C)(C)[C@@]1(O)C[C@H]2CC[C@]1(C)C2(C)C. The fourth-order valence-corrected chi connectivity index (χ4v) is 4.42. The van der Waals surface area contributed by atoms with Crippen LogP contribution in [0.15, 0.2) is 12.7 Å². The lowest BCUT2D eigenvalue weighted by Crippen LogP contribution is -2.55. The molecule has 0 unspecified atom stereocenters. The summed E-state index contributed by atoms with van der Waals surface area (Å²) < 4.78 is 0. The molecule has 0 radical (unpaired) electrons. The van der Waals surface area contributed by atoms with Gasteiger partial charge >= 0.3 is 0 Å². The fourth-order valence-electron chi connectivity index (χ4n) is 4.42. The minimum Gasteiger partial charge on any atom is -0.388 e. The average Bonchev–Trinajstić information content (AvgIpc) is 2.49. The molecule has 2 aliphatic rings. The molecule has 0 amide bonds. The molecule has 16 heavy (non-hydrogen) atoms. The lowest BCUT2D eigenvalue weighted by atomic mass is 9.56. The molecule has 0 aromatic carbocycles. The van der Waals surface area contributed by atoms with Crippen LogP contribution >= 0.6 is 0 Å². The third kappa shape index (κ3) is 1.01. The van der Waals surface area contributed by atoms with E-state index in [1.807, 2.05) is 6.08 Å². The summed E-state index contributed by atoms with van der Waals surface area (Å²) in [6.45, 7) is 15.1. The molecule has 0 spiro atoms. The molecule has 0 saturated heterocycles. The molecule has 0 aromatic heterocycles. The molecule has 2 fully saturated rings. The van der Waals surface area contributed by atoms with Crippen LogP contribution in [0.1, 0.15) is 53.9 Å². The number of hydrogen-bond acceptors (Lipinski definition) is 1. The molecular formula is C15H26O. The molecule has 1 heteroatoms. The minimum absolute atomic E-state index is 0.0301. The summed E-state index contributed by atoms with van der Waals surface area (Å²) in [5.74, 6) is 0.668. The lowest BCUT2D eigenvalue weighted by Gasteiger charge is -2.52. The highest BCUT2D eigenvalue weighted by molar-refractivity contribution is 5.24. The van der Waals surface area contributed by atoms with E-state index in [9.17, 15) is 5.11 Å². The van der Waals surface area contributed by atoms with Crippen molar-refractivity contribution in [2.24, 2.45) is 22.2 Å². The van der Waals surface area contributed by atoms with E-state index in [0.29, 0.717) is 5.92 Å². The van der Waals surface area contributed by atoms with Gasteiger partial charge in [-0.1, -0.05) is 40.7 Å². The van der Waals surface area contributed by atoms with Gasteiger partial charge in [0.15, 0.2) is 0 Å². The Morgan fingerprint density at radius 1 is 1.31 bits per heavy atom. The van der Waals surface area contributed by atoms with E-state index in [0.717, 1.165) is 12.8 Å². The van der Waals surface area contributed by atoms with Gasteiger partial charge in [-0.05, 0) is 30.6 Å². The Bertz CT molecular complexity index is 328. The van der Waals surface area contributed by atoms with E-state index >= 15 is 0 Å². The van der Waals surface area contributed by atoms with Crippen molar-refractivity contribution in [2.75, 3.05) is 0 Å². The van der Waals surface area contributed by atoms with E-state index in [-0.39, 0.29) is 16.2 Å². The second-order valence-corrected chi connectivity index (χ2v) is 7.28. The smallest absolute Gasteiger partial charge is 0.0793 e. The zero-order chi connectivity index (χ0) is 12.4. The van der Waals surface area contributed by atoms with Crippen molar-refractivity contribution >= 4 is 0 Å². The quantitative estimate of drug-likeness (QED) is 0.705. The lowest BCUT2D eigenvalue weighted by molar-refractivity contribution is -0.147. The van der Waals surface area contributed by atoms with Gasteiger partial charge in [-0.15, -0.1) is 6.58 Å². The molecule has 3 atom stereocenters. The zero-order valence-corrected chi connectivity index (χ0v) is 11.4. The molecule has 1 N–H and O–H groups in total. The van der Waals surface area contributed by atoms with E-state index < -0.39 is 5.60 Å². The van der Waals surface area contributed by atoms with Gasteiger partial charge in [0.1, 0.15) is 0 Å². The third-order valence-corrected chi connectivity index (χ3v) is 6.47. The summed E-state index contributed by atoms with van der Waals surface area (Å²) in [5.41, 5.74) is -0.507. The molecule has 0 aromatic rings. The van der Waals surface area contributed by atoms with Gasteiger partial charge in [0.05, 0.1) is 5.60 Å². The van der Waals surface area contributed by atoms with Crippen LogP contribution < -0.4 is 0 Å². The molecule has 0 heterocycles. The zero-order valence-electron chi connectivity index (χ0n) is 11.4. The Morgan fingerprint density at radius 3 is 2.19 bits per heavy atom. The number of aliphatic hydroxyl groups is 1. The van der Waals surface area contributed by atoms with Crippen LogP contribution in [0.5, 0.6) is 0 Å². The highest BCUT2D eigenvalue weighted by Crippen LogP contribution is 2.73. The molecular weight excluding hydrogens is 196 g/mol. The third-order valence-electron chi connectivity index (χ3n) is 6.47. The first-order valence-corrected chi connectivity index (χ1v) is 6.48. The summed E-state index contributed by atoms with van der Waals surface area (Å²) in [4.78, 5) is 0. The normalized spacial score (nSPS) is 46.0. The van der Waals surface area contributed by atoms with Gasteiger partial charge in [-0.2, -0.15) is 0 Å². The van der Waals surface area contributed by atoms with Gasteiger partial charge in [-0.25, -0.2) is 0 Å². The van der Waals surface area contributed by atoms with Crippen LogP contribution in [-0.2, 0) is 0 Å². The van der Waals surface area contributed by atoms with Gasteiger partial charge in [-0.3, -0.25) is 0 Å². The number of hydrogen-bond donors (Lipinski definition) is 1. The topological polar surface area (TPSA) is 20.2 Å². The summed E-state index contributed by atoms with van der Waals surface area (Å²) >= 11 is 0. The van der Waals surface area contributed by atoms with Crippen LogP contribution in [-0.4, -0.2) is 10.7 Å². The summed E-state index contributed by atoms with van der Waals surface area (Å²) in [5, 5.41) is 11.2. The standard InChI is InChI=1S/C15H26O/c1-7-12(2,3)15(16)10-11-8-9-14(15,6)13(11,4)5/h7,11,16H,1,8-10H2,2-6H3/t11-,14-,15+/m1/s1. The molecule has 2 bridgehead atoms. The van der Waals surface area contributed by atoms with Gasteiger partial charge < -0.3 is 5.11 Å². The monoisotopic (exact) mass is 222 g/mol. The largest absolute Gasteiger partial charge is 0.388 e. The maximum absolute atomic E-state index is 11.2. The van der Waals surface area contributed by atoms with Crippen LogP contribution in [0.25, 0.3) is 0 Å². The van der Waals surface area contributed by atoms with E-state index in [1.54, 1.807) is 0 Å². The van der Waals surface area contributed by atoms with Crippen LogP contribution in [0.2, 0.25) is 0 Å². The van der Waals surface area contributed by atoms with E-state index in [1.165, 1.54) is 6.42 Å². The Hall–Kier alpha value is -0.300. The van der Waals surface area contributed by atoms with Gasteiger partial charge in [0.2, 0.25) is 0 Å². The number of fused-ring (bicyclic) bond motifs is 2. The molecule has 92 valence electrons. The Morgan fingerprint density at radius 2 is 1.88 bits per heavy atom. The highest BCUT2D eigenvalue weighted by Gasteiger charge is 2.71. The Labute approximate surface area is 99.9 Å². The summed E-state index contributed by atoms with van der Waals surface area (Å²) in [7, 11) is 0. The average molecular weight is 222 g/mol. The van der Waals surface area contributed by atoms with Crippen molar-refractivity contribution in [3.63, 3.8) is 0 Å². The van der Waals surface area contributed by atoms with E-state index in [4.69, 9.17) is 0 Å². The highest BCUT2D eigenvalue weighted by atomic mass is 16.3. The van der Waals surface area contributed by atoms with Crippen molar-refractivity contribution in [1.82, 2.24) is 0 Å². The maximum Gasteiger partial charge on any atom is 0.0793 e. The predicted octanol–water partition coefficient (Wildman–Crippen LogP) is 3.78. The van der Waals surface area contributed by atoms with Crippen LogP contribution in [0.3, 0.4) is 0 Å². The van der Waals surface area contributed by atoms with Crippen LogP contribution in [0, 0.1) is 22.2 Å². The Kier molecular flexibility index (Phi) is 2.23. The molecule has 1 nitrogen and oxygen atoms in total. The molecule has 2 saturated carbocycles. The predicted molar refractivity (Wildman–Crippen MR) is 68.2 cm³/mol. The number of rotatable bonds is 2. The van der Waals surface area contributed by atoms with Crippen molar-refractivity contribution in [1.29, 1.82) is 0 Å². The van der Waals surface area contributed by atoms with Gasteiger partial charge in [0.25, 0.3) is 0 Å². The first-order chi connectivity index (χ1) is 7.12. The van der Waals surface area contributed by atoms with Crippen LogP contribution in [0.4, 0.5) is 0 Å². The van der Waals surface area contributed by atoms with Crippen molar-refractivity contribution in [2.45, 2.75) is 59.5 Å². The van der Waals surface area contributed by atoms with Crippen molar-refractivity contribution in [3.05, 3.63) is 12.7 Å². The minimum atomic E-state index is -0.589. The van der Waals surface area contributed by atoms with Crippen molar-refractivity contribution in [3.8, 4) is 0 Å². The summed E-state index contributed by atoms with van der Waals surface area (Å²) in [6, 6.07) is 0. The molecule has 0 aliphatic heterocycles. The fraction of sp³-hybridized carbons (Fsp3) is 0.867. The first-order valence-electron chi connectivity index (χ1n) is 6.48. The first kappa shape index (κ1) is 12.2. The maximum atomic E-state index is 11.2. The van der Waals surface area contributed by atoms with Gasteiger partial charge in [0, 0.05) is 10.8 Å². The Balaban J connectivity index is 2.52. The van der Waals surface area contributed by atoms with E-state index in [2.05, 4.69) is 41.2 Å². The molecule has 2 aliphatic carbocycles. The molecule has 2 rings (SSSR count). The summed E-state index contributed by atoms with van der Waals surface area (Å²) in [6.07, 6.45) is 5.31.